The zero-order valence-electron chi connectivity index (χ0n) is 1.22. The van der Waals surface area contributed by atoms with Crippen LogP contribution in [0.25, 0.3) is 0 Å². The van der Waals surface area contributed by atoms with Gasteiger partial charge in [0.25, 0.3) is 0 Å². The Morgan fingerprint density at radius 2 is 1.25 bits per heavy atom. The van der Waals surface area contributed by atoms with Crippen LogP contribution in [0.5, 0.6) is 0 Å². The molecule has 0 saturated heterocycles. The van der Waals surface area contributed by atoms with Gasteiger partial charge in [-0.25, -0.2) is 0 Å². The van der Waals surface area contributed by atoms with Gasteiger partial charge in [-0.3, -0.25) is 0 Å². The molecule has 0 N–H and O–H groups in total. The molecule has 0 aromatic carbocycles. The summed E-state index contributed by atoms with van der Waals surface area (Å²) in [6, 6.07) is 0. The fraction of sp³-hybridized carbons (Fsp3) is 0. The average Bonchev–Trinajstić information content (AvgIpc) is 1.00. The molecule has 0 unspecified atom stereocenters. The van der Waals surface area contributed by atoms with E-state index in [0.29, 0.717) is 0 Å². The predicted molar refractivity (Wildman–Crippen MR) is 7.84 cm³/mol. The van der Waals surface area contributed by atoms with E-state index < -0.39 is 0 Å². The molecule has 0 amide bonds. The molecule has 1 nitrogen and oxygen atoms in total. The Labute approximate surface area is 59.6 Å². The van der Waals surface area contributed by atoms with E-state index in [1.54, 1.807) is 0 Å². The summed E-state index contributed by atoms with van der Waals surface area (Å²) in [5.74, 6) is 0. The first kappa shape index (κ1) is 17.5. The van der Waals surface area contributed by atoms with Gasteiger partial charge in [0.05, 0.1) is 0 Å². The van der Waals surface area contributed by atoms with Crippen molar-refractivity contribution in [3.05, 3.63) is 0 Å². The first-order chi connectivity index (χ1) is 1.00. The summed E-state index contributed by atoms with van der Waals surface area (Å²) in [6.07, 6.45) is 0. The van der Waals surface area contributed by atoms with E-state index in [1.165, 1.54) is 16.2 Å². The molecule has 0 rings (SSSR count). The SMILES string of the molecule is [LiH].[Mo].[O]=[Cr]. The van der Waals surface area contributed by atoms with Gasteiger partial charge in [0.1, 0.15) is 0 Å². The van der Waals surface area contributed by atoms with Crippen molar-refractivity contribution in [3.63, 3.8) is 0 Å². The number of hydrogen-bond donors (Lipinski definition) is 0. The minimum atomic E-state index is 0. The molecule has 0 saturated carbocycles. The van der Waals surface area contributed by atoms with E-state index in [-0.39, 0.29) is 39.9 Å². The molecule has 0 bridgehead atoms. The van der Waals surface area contributed by atoms with E-state index in [9.17, 15) is 0 Å². The molecule has 0 aromatic rings. The standard InChI is InChI=1S/Cr.Li.Mo.O.H. The summed E-state index contributed by atoms with van der Waals surface area (Å²) >= 11 is 1.38. The third kappa shape index (κ3) is 9.47. The van der Waals surface area contributed by atoms with E-state index in [4.69, 9.17) is 3.80 Å². The van der Waals surface area contributed by atoms with Gasteiger partial charge in [-0.1, -0.05) is 0 Å². The molecule has 0 fully saturated rings. The van der Waals surface area contributed by atoms with Crippen molar-refractivity contribution in [2.45, 2.75) is 0 Å². The Kier molecular flexibility index (Phi) is 101. The topological polar surface area (TPSA) is 17.1 Å². The summed E-state index contributed by atoms with van der Waals surface area (Å²) in [5, 5.41) is 0. The molecule has 20 valence electrons. The number of hydrogen-bond acceptors (Lipinski definition) is 1. The Hall–Kier alpha value is 1.62. The van der Waals surface area contributed by atoms with Crippen molar-refractivity contribution >= 4 is 18.9 Å². The molecule has 0 aliphatic carbocycles. The van der Waals surface area contributed by atoms with Crippen LogP contribution >= 0.6 is 0 Å². The van der Waals surface area contributed by atoms with Crippen LogP contribution in [0.3, 0.4) is 0 Å². The van der Waals surface area contributed by atoms with Crippen molar-refractivity contribution in [2.24, 2.45) is 0 Å². The first-order valence-electron chi connectivity index (χ1n) is 0.167. The van der Waals surface area contributed by atoms with Crippen molar-refractivity contribution in [1.82, 2.24) is 0 Å². The molecule has 0 aliphatic heterocycles. The van der Waals surface area contributed by atoms with Crippen molar-refractivity contribution in [3.8, 4) is 0 Å². The summed E-state index contributed by atoms with van der Waals surface area (Å²) < 4.78 is 8.12. The van der Waals surface area contributed by atoms with E-state index in [2.05, 4.69) is 0 Å². The third-order valence-electron chi connectivity index (χ3n) is 0. The molecular weight excluding hydrogens is 171 g/mol. The maximum atomic E-state index is 8.12. The predicted octanol–water partition coefficient (Wildman–Crippen LogP) is -0.772. The molecule has 0 heterocycles. The van der Waals surface area contributed by atoms with Crippen molar-refractivity contribution < 1.29 is 41.1 Å². The number of rotatable bonds is 0. The van der Waals surface area contributed by atoms with Crippen molar-refractivity contribution in [2.75, 3.05) is 0 Å². The zero-order valence-corrected chi connectivity index (χ0v) is 4.51. The van der Waals surface area contributed by atoms with Gasteiger partial charge in [0.2, 0.25) is 0 Å². The normalized spacial score (nSPS) is 1.00. The van der Waals surface area contributed by atoms with Gasteiger partial charge in [0, 0.05) is 21.1 Å². The van der Waals surface area contributed by atoms with Gasteiger partial charge in [-0.15, -0.1) is 0 Å². The van der Waals surface area contributed by atoms with Crippen LogP contribution in [-0.2, 0) is 41.1 Å². The Bertz CT molecular complexity index is 8.00. The van der Waals surface area contributed by atoms with Crippen LogP contribution in [0.1, 0.15) is 0 Å². The second kappa shape index (κ2) is 23.1. The average molecular weight is 172 g/mol. The van der Waals surface area contributed by atoms with E-state index in [0.717, 1.165) is 0 Å². The molecular formula is HCrLiMoO. The molecule has 0 aromatic heterocycles. The summed E-state index contributed by atoms with van der Waals surface area (Å²) in [7, 11) is 0. The Morgan fingerprint density at radius 3 is 1.25 bits per heavy atom. The van der Waals surface area contributed by atoms with Crippen LogP contribution in [0.4, 0.5) is 0 Å². The van der Waals surface area contributed by atoms with Crippen LogP contribution in [0, 0.1) is 0 Å². The summed E-state index contributed by atoms with van der Waals surface area (Å²) in [6.45, 7) is 0. The van der Waals surface area contributed by atoms with Crippen molar-refractivity contribution in [1.29, 1.82) is 0 Å². The van der Waals surface area contributed by atoms with Crippen LogP contribution in [0.2, 0.25) is 0 Å². The quantitative estimate of drug-likeness (QED) is 0.438. The fourth-order valence-electron chi connectivity index (χ4n) is 0. The fourth-order valence-corrected chi connectivity index (χ4v) is 0. The first-order valence-corrected chi connectivity index (χ1v) is 0.687. The Balaban J connectivity index is -0.00000000500. The Morgan fingerprint density at radius 1 is 1.25 bits per heavy atom. The molecule has 4 heavy (non-hydrogen) atoms. The van der Waals surface area contributed by atoms with Gasteiger partial charge in [0.15, 0.2) is 0 Å². The molecule has 4 heteroatoms. The summed E-state index contributed by atoms with van der Waals surface area (Å²) in [4.78, 5) is 0. The van der Waals surface area contributed by atoms with Crippen LogP contribution < -0.4 is 0 Å². The van der Waals surface area contributed by atoms with E-state index in [1.807, 2.05) is 0 Å². The van der Waals surface area contributed by atoms with Gasteiger partial charge >= 0.3 is 38.9 Å². The zero-order chi connectivity index (χ0) is 2.00. The minimum absolute atomic E-state index is 0. The second-order valence-corrected chi connectivity index (χ2v) is 0. The maximum absolute atomic E-state index is 8.12. The van der Waals surface area contributed by atoms with Gasteiger partial charge in [-0.05, 0) is 0 Å². The van der Waals surface area contributed by atoms with Crippen LogP contribution in [-0.4, -0.2) is 18.9 Å². The van der Waals surface area contributed by atoms with Gasteiger partial charge in [-0.2, -0.15) is 0 Å². The molecule has 0 radical (unpaired) electrons. The van der Waals surface area contributed by atoms with E-state index >= 15 is 0 Å². The van der Waals surface area contributed by atoms with Gasteiger partial charge < -0.3 is 0 Å². The second-order valence-electron chi connectivity index (χ2n) is 0. The molecule has 0 atom stereocenters. The summed E-state index contributed by atoms with van der Waals surface area (Å²) in [5.41, 5.74) is 0. The third-order valence-corrected chi connectivity index (χ3v) is 0. The molecule has 0 spiro atoms. The van der Waals surface area contributed by atoms with Crippen LogP contribution in [0.15, 0.2) is 0 Å². The monoisotopic (exact) mass is 174 g/mol. The molecule has 0 aliphatic rings.